The van der Waals surface area contributed by atoms with Crippen molar-refractivity contribution >= 4 is 11.6 Å². The van der Waals surface area contributed by atoms with Crippen LogP contribution in [0.1, 0.15) is 41.4 Å². The lowest BCUT2D eigenvalue weighted by atomic mass is 10.1. The average molecular weight is 321 g/mol. The summed E-state index contributed by atoms with van der Waals surface area (Å²) in [6, 6.07) is 12.7. The van der Waals surface area contributed by atoms with Gasteiger partial charge in [-0.1, -0.05) is 25.1 Å². The molecule has 124 valence electrons. The number of hydrogen-bond acceptors (Lipinski definition) is 3. The molecule has 0 bridgehead atoms. The van der Waals surface area contributed by atoms with E-state index in [-0.39, 0.29) is 5.91 Å². The second-order valence-electron chi connectivity index (χ2n) is 6.71. The van der Waals surface area contributed by atoms with E-state index in [1.54, 1.807) is 6.20 Å². The summed E-state index contributed by atoms with van der Waals surface area (Å²) in [6.07, 6.45) is 5.05. The first-order valence-corrected chi connectivity index (χ1v) is 8.85. The van der Waals surface area contributed by atoms with E-state index in [4.69, 9.17) is 0 Å². The number of aromatic nitrogens is 1. The lowest BCUT2D eigenvalue weighted by molar-refractivity contribution is 0.0976. The third-order valence-electron chi connectivity index (χ3n) is 5.25. The third kappa shape index (κ3) is 2.71. The van der Waals surface area contributed by atoms with Gasteiger partial charge in [0.15, 0.2) is 0 Å². The van der Waals surface area contributed by atoms with E-state index < -0.39 is 0 Å². The van der Waals surface area contributed by atoms with E-state index in [0.29, 0.717) is 11.7 Å². The first-order chi connectivity index (χ1) is 11.8. The largest absolute Gasteiger partial charge is 0.305 e. The van der Waals surface area contributed by atoms with E-state index in [9.17, 15) is 4.79 Å². The molecule has 1 aromatic heterocycles. The molecule has 0 N–H and O–H groups in total. The minimum absolute atomic E-state index is 0.0199. The van der Waals surface area contributed by atoms with Crippen molar-refractivity contribution in [3.05, 3.63) is 59.4 Å². The molecule has 4 nitrogen and oxygen atoms in total. The van der Waals surface area contributed by atoms with E-state index in [2.05, 4.69) is 35.0 Å². The predicted octanol–water partition coefficient (Wildman–Crippen LogP) is 3.27. The smallest absolute Gasteiger partial charge is 0.276 e. The fourth-order valence-electron chi connectivity index (χ4n) is 3.89. The van der Waals surface area contributed by atoms with Gasteiger partial charge in [-0.15, -0.1) is 0 Å². The van der Waals surface area contributed by atoms with Gasteiger partial charge >= 0.3 is 0 Å². The zero-order chi connectivity index (χ0) is 16.5. The molecular weight excluding hydrogens is 298 g/mol. The number of benzene rings is 1. The van der Waals surface area contributed by atoms with Crippen LogP contribution >= 0.6 is 0 Å². The highest BCUT2D eigenvalue weighted by Gasteiger charge is 2.34. The maximum atomic E-state index is 13.2. The summed E-state index contributed by atoms with van der Waals surface area (Å²) in [7, 11) is 0. The molecule has 24 heavy (non-hydrogen) atoms. The molecule has 2 aromatic rings. The van der Waals surface area contributed by atoms with Crippen LogP contribution in [0.4, 0.5) is 5.69 Å². The molecule has 0 aliphatic carbocycles. The summed E-state index contributed by atoms with van der Waals surface area (Å²) in [4.78, 5) is 22.0. The zero-order valence-electron chi connectivity index (χ0n) is 14.1. The van der Waals surface area contributed by atoms with Crippen molar-refractivity contribution in [3.63, 3.8) is 0 Å². The van der Waals surface area contributed by atoms with Gasteiger partial charge in [-0.05, 0) is 55.1 Å². The van der Waals surface area contributed by atoms with Crippen LogP contribution < -0.4 is 4.90 Å². The topological polar surface area (TPSA) is 36.4 Å². The van der Waals surface area contributed by atoms with Gasteiger partial charge < -0.3 is 4.90 Å². The number of fused-ring (bicyclic) bond motifs is 2. The van der Waals surface area contributed by atoms with E-state index in [1.807, 2.05) is 23.1 Å². The lowest BCUT2D eigenvalue weighted by Gasteiger charge is -2.26. The van der Waals surface area contributed by atoms with Crippen molar-refractivity contribution in [1.82, 2.24) is 9.88 Å². The van der Waals surface area contributed by atoms with Gasteiger partial charge in [-0.2, -0.15) is 0 Å². The summed E-state index contributed by atoms with van der Waals surface area (Å²) in [5.74, 6) is 0.0199. The summed E-state index contributed by atoms with van der Waals surface area (Å²) in [6.45, 7) is 4.92. The van der Waals surface area contributed by atoms with Crippen molar-refractivity contribution in [2.24, 2.45) is 0 Å². The van der Waals surface area contributed by atoms with Gasteiger partial charge in [0.25, 0.3) is 5.91 Å². The number of nitrogens with zero attached hydrogens (tertiary/aromatic N) is 3. The van der Waals surface area contributed by atoms with Crippen molar-refractivity contribution in [3.8, 4) is 0 Å². The van der Waals surface area contributed by atoms with Crippen LogP contribution in [0.5, 0.6) is 0 Å². The summed E-state index contributed by atoms with van der Waals surface area (Å²) in [5, 5.41) is 0. The Kier molecular flexibility index (Phi) is 4.07. The Hall–Kier alpha value is -2.20. The van der Waals surface area contributed by atoms with E-state index >= 15 is 0 Å². The Bertz CT molecular complexity index is 758. The maximum absolute atomic E-state index is 13.2. The molecule has 3 heterocycles. The fraction of sp³-hybridized carbons (Fsp3) is 0.400. The second kappa shape index (κ2) is 6.36. The summed E-state index contributed by atoms with van der Waals surface area (Å²) >= 11 is 0. The quantitative estimate of drug-likeness (QED) is 0.852. The van der Waals surface area contributed by atoms with Crippen molar-refractivity contribution in [1.29, 1.82) is 0 Å². The number of aryl methyl sites for hydroxylation is 1. The number of carbonyl (C=O) groups excluding carboxylic acids is 1. The number of rotatable bonds is 2. The van der Waals surface area contributed by atoms with Crippen molar-refractivity contribution < 1.29 is 4.79 Å². The number of anilines is 1. The van der Waals surface area contributed by atoms with Gasteiger partial charge in [0.2, 0.25) is 0 Å². The molecule has 1 fully saturated rings. The highest BCUT2D eigenvalue weighted by molar-refractivity contribution is 6.05. The van der Waals surface area contributed by atoms with Crippen molar-refractivity contribution in [2.75, 3.05) is 18.0 Å². The highest BCUT2D eigenvalue weighted by Crippen LogP contribution is 2.32. The third-order valence-corrected chi connectivity index (χ3v) is 5.25. The molecule has 1 aromatic carbocycles. The Labute approximate surface area is 143 Å². The van der Waals surface area contributed by atoms with Gasteiger partial charge in [-0.3, -0.25) is 14.7 Å². The first-order valence-electron chi connectivity index (χ1n) is 8.85. The summed E-state index contributed by atoms with van der Waals surface area (Å²) < 4.78 is 0. The minimum Gasteiger partial charge on any atom is -0.305 e. The predicted molar refractivity (Wildman–Crippen MR) is 95.2 cm³/mol. The Morgan fingerprint density at radius 3 is 3.04 bits per heavy atom. The Balaban J connectivity index is 1.73. The number of para-hydroxylation sites is 1. The first kappa shape index (κ1) is 15.3. The van der Waals surface area contributed by atoms with Gasteiger partial charge in [0, 0.05) is 31.0 Å². The van der Waals surface area contributed by atoms with Gasteiger partial charge in [-0.25, -0.2) is 0 Å². The zero-order valence-corrected chi connectivity index (χ0v) is 14.1. The highest BCUT2D eigenvalue weighted by atomic mass is 16.2. The van der Waals surface area contributed by atoms with E-state index in [0.717, 1.165) is 37.3 Å². The normalized spacial score (nSPS) is 20.4. The molecule has 0 unspecified atom stereocenters. The molecule has 4 heteroatoms. The standard InChI is InChI=1S/C20H23N3O/c1-2-15-9-10-21-18(12-15)20(24)23-14-17-7-5-11-22(17)13-16-6-3-4-8-19(16)23/h3-4,6,8-10,12,17H,2,5,7,11,13-14H2,1H3/t17-/m1/s1. The van der Waals surface area contributed by atoms with Crippen molar-refractivity contribution in [2.45, 2.75) is 38.8 Å². The van der Waals surface area contributed by atoms with Gasteiger partial charge in [0.1, 0.15) is 5.69 Å². The summed E-state index contributed by atoms with van der Waals surface area (Å²) in [5.41, 5.74) is 3.98. The second-order valence-corrected chi connectivity index (χ2v) is 6.71. The van der Waals surface area contributed by atoms with Crippen LogP contribution in [0.15, 0.2) is 42.6 Å². The van der Waals surface area contributed by atoms with Crippen LogP contribution in [-0.4, -0.2) is 34.9 Å². The van der Waals surface area contributed by atoms with Gasteiger partial charge in [0.05, 0.1) is 0 Å². The molecule has 2 aliphatic rings. The molecular formula is C20H23N3O. The SMILES string of the molecule is CCc1ccnc(C(=O)N2C[C@H]3CCCN3Cc3ccccc32)c1. The molecule has 1 amide bonds. The lowest BCUT2D eigenvalue weighted by Crippen LogP contribution is -2.40. The Morgan fingerprint density at radius 2 is 2.17 bits per heavy atom. The molecule has 2 aliphatic heterocycles. The number of amides is 1. The molecule has 0 saturated carbocycles. The van der Waals surface area contributed by atoms with Crippen LogP contribution in [-0.2, 0) is 13.0 Å². The maximum Gasteiger partial charge on any atom is 0.276 e. The Morgan fingerprint density at radius 1 is 1.29 bits per heavy atom. The van der Waals surface area contributed by atoms with Crippen LogP contribution in [0.25, 0.3) is 0 Å². The van der Waals surface area contributed by atoms with Crippen LogP contribution in [0.3, 0.4) is 0 Å². The monoisotopic (exact) mass is 321 g/mol. The average Bonchev–Trinajstić information content (AvgIpc) is 3.00. The molecule has 0 spiro atoms. The van der Waals surface area contributed by atoms with E-state index in [1.165, 1.54) is 18.4 Å². The minimum atomic E-state index is 0.0199. The fourth-order valence-corrected chi connectivity index (χ4v) is 3.89. The molecule has 1 saturated heterocycles. The molecule has 1 atom stereocenters. The number of hydrogen-bond donors (Lipinski definition) is 0. The molecule has 4 rings (SSSR count). The number of carbonyl (C=O) groups is 1. The van der Waals surface area contributed by atoms with Crippen LogP contribution in [0, 0.1) is 0 Å². The number of pyridine rings is 1. The van der Waals surface area contributed by atoms with Crippen LogP contribution in [0.2, 0.25) is 0 Å². The molecule has 0 radical (unpaired) electrons.